The molecule has 0 radical (unpaired) electrons. The largest absolute Gasteiger partial charge is 0.350 e. The molecule has 0 amide bonds. The summed E-state index contributed by atoms with van der Waals surface area (Å²) in [5, 5.41) is 0. The quantitative estimate of drug-likeness (QED) is 0.612. The number of hydrogen-bond acceptors (Lipinski definition) is 4. The molecule has 0 aromatic rings. The van der Waals surface area contributed by atoms with Crippen LogP contribution in [0.3, 0.4) is 0 Å². The first-order valence-electron chi connectivity index (χ1n) is 5.06. The summed E-state index contributed by atoms with van der Waals surface area (Å²) >= 11 is 0. The van der Waals surface area contributed by atoms with Crippen molar-refractivity contribution in [1.82, 2.24) is 0 Å². The first kappa shape index (κ1) is 9.80. The molecule has 2 fully saturated rings. The highest BCUT2D eigenvalue weighted by Gasteiger charge is 2.33. The maximum atomic E-state index is 11.5. The first-order valence-corrected chi connectivity index (χ1v) is 5.06. The maximum absolute atomic E-state index is 11.5. The van der Waals surface area contributed by atoms with Gasteiger partial charge in [-0.25, -0.2) is 0 Å². The molecule has 4 heteroatoms. The van der Waals surface area contributed by atoms with Gasteiger partial charge in [-0.15, -0.1) is 0 Å². The van der Waals surface area contributed by atoms with Gasteiger partial charge in [0, 0.05) is 19.3 Å². The van der Waals surface area contributed by atoms with Crippen LogP contribution in [0, 0.1) is 5.92 Å². The Balaban J connectivity index is 1.93. The minimum Gasteiger partial charge on any atom is -0.350 e. The highest BCUT2D eigenvalue weighted by Crippen LogP contribution is 2.24. The molecule has 1 aliphatic carbocycles. The first-order chi connectivity index (χ1) is 6.77. The van der Waals surface area contributed by atoms with Crippen LogP contribution in [0.25, 0.3) is 0 Å². The normalized spacial score (nSPS) is 26.0. The van der Waals surface area contributed by atoms with Crippen LogP contribution in [0.2, 0.25) is 0 Å². The summed E-state index contributed by atoms with van der Waals surface area (Å²) in [5.41, 5.74) is 0. The van der Waals surface area contributed by atoms with Gasteiger partial charge in [-0.3, -0.25) is 9.59 Å². The molecule has 4 nitrogen and oxygen atoms in total. The molecule has 2 aliphatic rings. The van der Waals surface area contributed by atoms with Crippen LogP contribution in [0.4, 0.5) is 0 Å². The number of carbonyl (C=O) groups is 2. The minimum absolute atomic E-state index is 0.0559. The third-order valence-electron chi connectivity index (χ3n) is 2.74. The lowest BCUT2D eigenvalue weighted by Crippen LogP contribution is -2.32. The second kappa shape index (κ2) is 4.19. The van der Waals surface area contributed by atoms with Gasteiger partial charge < -0.3 is 9.47 Å². The van der Waals surface area contributed by atoms with Crippen LogP contribution in [0.15, 0.2) is 0 Å². The zero-order valence-electron chi connectivity index (χ0n) is 8.03. The van der Waals surface area contributed by atoms with Crippen molar-refractivity contribution in [2.45, 2.75) is 32.0 Å². The molecule has 0 bridgehead atoms. The summed E-state index contributed by atoms with van der Waals surface area (Å²) in [5.74, 6) is -0.354. The van der Waals surface area contributed by atoms with E-state index < -0.39 is 5.92 Å². The third kappa shape index (κ3) is 2.01. The summed E-state index contributed by atoms with van der Waals surface area (Å²) in [6, 6.07) is 0. The van der Waals surface area contributed by atoms with Gasteiger partial charge in [0.1, 0.15) is 11.6 Å². The van der Waals surface area contributed by atoms with Crippen LogP contribution in [0.5, 0.6) is 0 Å². The fourth-order valence-corrected chi connectivity index (χ4v) is 1.96. The van der Waals surface area contributed by atoms with Crippen molar-refractivity contribution >= 4 is 11.6 Å². The number of carbonyl (C=O) groups excluding carboxylic acids is 2. The van der Waals surface area contributed by atoms with E-state index in [9.17, 15) is 9.59 Å². The molecule has 2 rings (SSSR count). The van der Waals surface area contributed by atoms with Gasteiger partial charge in [-0.1, -0.05) is 0 Å². The molecule has 0 aromatic heterocycles. The highest BCUT2D eigenvalue weighted by molar-refractivity contribution is 6.04. The average Bonchev–Trinajstić information content (AvgIpc) is 2.64. The van der Waals surface area contributed by atoms with Gasteiger partial charge in [-0.2, -0.15) is 0 Å². The van der Waals surface area contributed by atoms with E-state index in [4.69, 9.17) is 9.47 Å². The van der Waals surface area contributed by atoms with Gasteiger partial charge >= 0.3 is 0 Å². The van der Waals surface area contributed by atoms with Crippen molar-refractivity contribution in [2.75, 3.05) is 13.2 Å². The zero-order chi connectivity index (χ0) is 9.97. The molecule has 0 unspecified atom stereocenters. The summed E-state index contributed by atoms with van der Waals surface area (Å²) in [6.07, 6.45) is 1.84. The number of hydrogen-bond donors (Lipinski definition) is 0. The van der Waals surface area contributed by atoms with Crippen molar-refractivity contribution in [3.63, 3.8) is 0 Å². The van der Waals surface area contributed by atoms with Crippen LogP contribution in [-0.2, 0) is 19.1 Å². The Hall–Kier alpha value is -0.740. The molecule has 1 heterocycles. The molecular formula is C10H14O4. The summed E-state index contributed by atoms with van der Waals surface area (Å²) in [6.45, 7) is 1.14. The van der Waals surface area contributed by atoms with E-state index in [1.54, 1.807) is 0 Å². The van der Waals surface area contributed by atoms with Gasteiger partial charge in [0.15, 0.2) is 6.29 Å². The Kier molecular flexibility index (Phi) is 2.93. The molecule has 0 atom stereocenters. The SMILES string of the molecule is O=C1CCCC(=O)C1CC1OCCO1. The topological polar surface area (TPSA) is 52.6 Å². The fraction of sp³-hybridized carbons (Fsp3) is 0.800. The summed E-state index contributed by atoms with van der Waals surface area (Å²) in [4.78, 5) is 22.9. The van der Waals surface area contributed by atoms with E-state index in [1.807, 2.05) is 0 Å². The lowest BCUT2D eigenvalue weighted by atomic mass is 9.84. The van der Waals surface area contributed by atoms with E-state index >= 15 is 0 Å². The predicted molar refractivity (Wildman–Crippen MR) is 47.7 cm³/mol. The van der Waals surface area contributed by atoms with Crippen molar-refractivity contribution < 1.29 is 19.1 Å². The summed E-state index contributed by atoms with van der Waals surface area (Å²) < 4.78 is 10.5. The number of rotatable bonds is 2. The van der Waals surface area contributed by atoms with E-state index in [2.05, 4.69) is 0 Å². The van der Waals surface area contributed by atoms with Gasteiger partial charge in [0.25, 0.3) is 0 Å². The second-order valence-corrected chi connectivity index (χ2v) is 3.75. The number of ketones is 2. The minimum atomic E-state index is -0.466. The molecule has 1 saturated carbocycles. The van der Waals surface area contributed by atoms with Crippen LogP contribution >= 0.6 is 0 Å². The van der Waals surface area contributed by atoms with Crippen molar-refractivity contribution in [3.8, 4) is 0 Å². The fourth-order valence-electron chi connectivity index (χ4n) is 1.96. The van der Waals surface area contributed by atoms with E-state index in [-0.39, 0.29) is 17.9 Å². The number of ether oxygens (including phenoxy) is 2. The van der Waals surface area contributed by atoms with Gasteiger partial charge in [0.05, 0.1) is 19.1 Å². The van der Waals surface area contributed by atoms with E-state index in [0.717, 1.165) is 0 Å². The Labute approximate surface area is 82.6 Å². The van der Waals surface area contributed by atoms with Crippen molar-refractivity contribution in [2.24, 2.45) is 5.92 Å². The van der Waals surface area contributed by atoms with Crippen molar-refractivity contribution in [1.29, 1.82) is 0 Å². The molecule has 1 aliphatic heterocycles. The Morgan fingerprint density at radius 1 is 1.07 bits per heavy atom. The Bertz CT molecular complexity index is 227. The standard InChI is InChI=1S/C10H14O4/c11-8-2-1-3-9(12)7(8)6-10-13-4-5-14-10/h7,10H,1-6H2. The monoisotopic (exact) mass is 198 g/mol. The lowest BCUT2D eigenvalue weighted by molar-refractivity contribution is -0.140. The van der Waals surface area contributed by atoms with Crippen molar-refractivity contribution in [3.05, 3.63) is 0 Å². The molecular weight excluding hydrogens is 184 g/mol. The van der Waals surface area contributed by atoms with Crippen LogP contribution in [-0.4, -0.2) is 31.1 Å². The van der Waals surface area contributed by atoms with E-state index in [1.165, 1.54) is 0 Å². The predicted octanol–water partition coefficient (Wildman–Crippen LogP) is 0.688. The second-order valence-electron chi connectivity index (χ2n) is 3.75. The molecule has 78 valence electrons. The number of Topliss-reactive ketones (excluding diaryl/α,β-unsaturated/α-hetero) is 2. The smallest absolute Gasteiger partial charge is 0.158 e. The molecule has 14 heavy (non-hydrogen) atoms. The Morgan fingerprint density at radius 3 is 2.21 bits per heavy atom. The molecule has 0 aromatic carbocycles. The third-order valence-corrected chi connectivity index (χ3v) is 2.74. The van der Waals surface area contributed by atoms with Crippen LogP contribution < -0.4 is 0 Å². The lowest BCUT2D eigenvalue weighted by Gasteiger charge is -2.21. The molecule has 0 N–H and O–H groups in total. The van der Waals surface area contributed by atoms with Crippen LogP contribution in [0.1, 0.15) is 25.7 Å². The molecule has 1 saturated heterocycles. The Morgan fingerprint density at radius 2 is 1.64 bits per heavy atom. The highest BCUT2D eigenvalue weighted by atomic mass is 16.7. The van der Waals surface area contributed by atoms with E-state index in [0.29, 0.717) is 38.9 Å². The maximum Gasteiger partial charge on any atom is 0.158 e. The van der Waals surface area contributed by atoms with Gasteiger partial charge in [-0.05, 0) is 6.42 Å². The summed E-state index contributed by atoms with van der Waals surface area (Å²) in [7, 11) is 0. The zero-order valence-corrected chi connectivity index (χ0v) is 8.03. The van der Waals surface area contributed by atoms with Gasteiger partial charge in [0.2, 0.25) is 0 Å². The molecule has 0 spiro atoms. The average molecular weight is 198 g/mol.